The molecule has 1 unspecified atom stereocenters. The summed E-state index contributed by atoms with van der Waals surface area (Å²) in [6.45, 7) is 6.35. The average Bonchev–Trinajstić information content (AvgIpc) is 2.21. The lowest BCUT2D eigenvalue weighted by Crippen LogP contribution is -2.39. The van der Waals surface area contributed by atoms with Crippen LogP contribution in [0.25, 0.3) is 0 Å². The maximum absolute atomic E-state index is 11.5. The van der Waals surface area contributed by atoms with Crippen LogP contribution in [-0.2, 0) is 4.79 Å². The first-order valence-corrected chi connectivity index (χ1v) is 5.59. The van der Waals surface area contributed by atoms with Crippen LogP contribution in [0.2, 0.25) is 0 Å². The predicted molar refractivity (Wildman–Crippen MR) is 63.9 cm³/mol. The van der Waals surface area contributed by atoms with E-state index in [4.69, 9.17) is 0 Å². The molecule has 0 aliphatic rings. The molecule has 0 aliphatic carbocycles. The molecule has 0 spiro atoms. The lowest BCUT2D eigenvalue weighted by Gasteiger charge is -2.19. The van der Waals surface area contributed by atoms with Crippen LogP contribution < -0.4 is 5.32 Å². The minimum absolute atomic E-state index is 0.161. The third-order valence-electron chi connectivity index (χ3n) is 2.51. The summed E-state index contributed by atoms with van der Waals surface area (Å²) in [5.41, 5.74) is 0. The topological polar surface area (TPSA) is 35.6 Å². The molecule has 1 atom stereocenters. The third-order valence-corrected chi connectivity index (χ3v) is 2.51. The summed E-state index contributed by atoms with van der Waals surface area (Å²) in [6, 6.07) is 0.390. The quantitative estimate of drug-likeness (QED) is 0.667. The molecule has 1 amide bonds. The maximum atomic E-state index is 11.5. The van der Waals surface area contributed by atoms with E-state index >= 15 is 0 Å². The Morgan fingerprint density at radius 1 is 1.33 bits per heavy atom. The number of hydrogen-bond acceptors (Lipinski definition) is 3. The van der Waals surface area contributed by atoms with Crippen molar-refractivity contribution in [1.82, 2.24) is 15.1 Å². The van der Waals surface area contributed by atoms with Gasteiger partial charge in [-0.2, -0.15) is 0 Å². The van der Waals surface area contributed by atoms with Crippen LogP contribution in [0.4, 0.5) is 0 Å². The molecular formula is C11H25N3O. The number of hydrogen-bond donors (Lipinski definition) is 1. The number of nitrogens with one attached hydrogen (secondary N) is 1. The van der Waals surface area contributed by atoms with Crippen LogP contribution in [0.5, 0.6) is 0 Å². The fourth-order valence-corrected chi connectivity index (χ4v) is 1.13. The van der Waals surface area contributed by atoms with Gasteiger partial charge in [-0.15, -0.1) is 0 Å². The van der Waals surface area contributed by atoms with Crippen LogP contribution in [-0.4, -0.2) is 62.5 Å². The van der Waals surface area contributed by atoms with Crippen LogP contribution in [0.15, 0.2) is 0 Å². The normalized spacial score (nSPS) is 12.9. The Labute approximate surface area is 93.6 Å². The Kier molecular flexibility index (Phi) is 7.34. The highest BCUT2D eigenvalue weighted by Gasteiger charge is 2.08. The van der Waals surface area contributed by atoms with Gasteiger partial charge in [-0.1, -0.05) is 0 Å². The number of carbonyl (C=O) groups excluding carboxylic acids is 1. The van der Waals surface area contributed by atoms with Crippen molar-refractivity contribution in [3.63, 3.8) is 0 Å². The first kappa shape index (κ1) is 14.4. The highest BCUT2D eigenvalue weighted by molar-refractivity contribution is 5.77. The number of likely N-dealkylation sites (N-methyl/N-ethyl adjacent to an activating group) is 1. The van der Waals surface area contributed by atoms with Gasteiger partial charge in [0, 0.05) is 19.6 Å². The lowest BCUT2D eigenvalue weighted by atomic mass is 10.2. The van der Waals surface area contributed by atoms with Gasteiger partial charge >= 0.3 is 0 Å². The van der Waals surface area contributed by atoms with Gasteiger partial charge in [-0.05, 0) is 40.9 Å². The summed E-state index contributed by atoms with van der Waals surface area (Å²) < 4.78 is 0. The molecule has 0 fully saturated rings. The van der Waals surface area contributed by atoms with Crippen molar-refractivity contribution < 1.29 is 4.79 Å². The number of amides is 1. The van der Waals surface area contributed by atoms with E-state index in [0.29, 0.717) is 12.6 Å². The van der Waals surface area contributed by atoms with E-state index in [-0.39, 0.29) is 5.91 Å². The van der Waals surface area contributed by atoms with E-state index in [1.165, 1.54) is 0 Å². The van der Waals surface area contributed by atoms with Crippen LogP contribution >= 0.6 is 0 Å². The molecule has 1 N–H and O–H groups in total. The second-order valence-electron chi connectivity index (χ2n) is 4.28. The van der Waals surface area contributed by atoms with Crippen molar-refractivity contribution in [3.05, 3.63) is 0 Å². The second-order valence-corrected chi connectivity index (χ2v) is 4.28. The summed E-state index contributed by atoms with van der Waals surface area (Å²) in [5, 5.41) is 3.24. The van der Waals surface area contributed by atoms with Crippen molar-refractivity contribution in [2.45, 2.75) is 26.3 Å². The zero-order valence-corrected chi connectivity index (χ0v) is 10.7. The molecule has 0 aliphatic heterocycles. The summed E-state index contributed by atoms with van der Waals surface area (Å²) >= 11 is 0. The molecule has 0 saturated carbocycles. The SMILES string of the molecule is CCN(C)C(=O)CNC(C)CCN(C)C. The van der Waals surface area contributed by atoms with E-state index in [9.17, 15) is 4.79 Å². The van der Waals surface area contributed by atoms with Gasteiger partial charge < -0.3 is 15.1 Å². The zero-order valence-electron chi connectivity index (χ0n) is 10.7. The van der Waals surface area contributed by atoms with Gasteiger partial charge in [-0.3, -0.25) is 4.79 Å². The molecule has 0 radical (unpaired) electrons. The van der Waals surface area contributed by atoms with Gasteiger partial charge in [0.1, 0.15) is 0 Å². The molecule has 4 heteroatoms. The molecule has 0 aromatic carbocycles. The Morgan fingerprint density at radius 2 is 1.93 bits per heavy atom. The van der Waals surface area contributed by atoms with Crippen molar-refractivity contribution >= 4 is 5.91 Å². The molecule has 0 bridgehead atoms. The standard InChI is InChI=1S/C11H25N3O/c1-6-14(5)11(15)9-12-10(2)7-8-13(3)4/h10,12H,6-9H2,1-5H3. The van der Waals surface area contributed by atoms with E-state index < -0.39 is 0 Å². The Hall–Kier alpha value is -0.610. The summed E-state index contributed by atoms with van der Waals surface area (Å²) in [5.74, 6) is 0.161. The van der Waals surface area contributed by atoms with Crippen molar-refractivity contribution in [3.8, 4) is 0 Å². The first-order chi connectivity index (χ1) is 6.97. The number of carbonyl (C=O) groups is 1. The van der Waals surface area contributed by atoms with Crippen LogP contribution in [0.3, 0.4) is 0 Å². The Balaban J connectivity index is 3.61. The molecular weight excluding hydrogens is 190 g/mol. The van der Waals surface area contributed by atoms with Crippen molar-refractivity contribution in [2.24, 2.45) is 0 Å². The van der Waals surface area contributed by atoms with Gasteiger partial charge in [0.2, 0.25) is 5.91 Å². The van der Waals surface area contributed by atoms with E-state index in [1.807, 2.05) is 14.0 Å². The minimum Gasteiger partial charge on any atom is -0.345 e. The van der Waals surface area contributed by atoms with E-state index in [2.05, 4.69) is 31.2 Å². The van der Waals surface area contributed by atoms with E-state index in [0.717, 1.165) is 19.5 Å². The fraction of sp³-hybridized carbons (Fsp3) is 0.909. The van der Waals surface area contributed by atoms with Gasteiger partial charge in [0.15, 0.2) is 0 Å². The smallest absolute Gasteiger partial charge is 0.236 e. The predicted octanol–water partition coefficient (Wildman–Crippen LogP) is 0.395. The summed E-state index contributed by atoms with van der Waals surface area (Å²) in [7, 11) is 5.94. The second kappa shape index (κ2) is 7.65. The maximum Gasteiger partial charge on any atom is 0.236 e. The molecule has 0 saturated heterocycles. The van der Waals surface area contributed by atoms with Gasteiger partial charge in [-0.25, -0.2) is 0 Å². The minimum atomic E-state index is 0.161. The Bertz CT molecular complexity index is 183. The Morgan fingerprint density at radius 3 is 2.40 bits per heavy atom. The molecule has 0 heterocycles. The molecule has 0 aromatic rings. The largest absolute Gasteiger partial charge is 0.345 e. The monoisotopic (exact) mass is 215 g/mol. The number of rotatable bonds is 7. The molecule has 0 aromatic heterocycles. The molecule has 0 rings (SSSR count). The molecule has 15 heavy (non-hydrogen) atoms. The third kappa shape index (κ3) is 7.33. The van der Waals surface area contributed by atoms with Gasteiger partial charge in [0.25, 0.3) is 0 Å². The number of nitrogens with zero attached hydrogens (tertiary/aromatic N) is 2. The molecule has 4 nitrogen and oxygen atoms in total. The summed E-state index contributed by atoms with van der Waals surface area (Å²) in [4.78, 5) is 15.3. The summed E-state index contributed by atoms with van der Waals surface area (Å²) in [6.07, 6.45) is 1.07. The first-order valence-electron chi connectivity index (χ1n) is 5.59. The van der Waals surface area contributed by atoms with E-state index in [1.54, 1.807) is 4.90 Å². The zero-order chi connectivity index (χ0) is 11.8. The van der Waals surface area contributed by atoms with Crippen molar-refractivity contribution in [2.75, 3.05) is 40.8 Å². The van der Waals surface area contributed by atoms with Crippen LogP contribution in [0, 0.1) is 0 Å². The fourth-order valence-electron chi connectivity index (χ4n) is 1.13. The van der Waals surface area contributed by atoms with Crippen LogP contribution in [0.1, 0.15) is 20.3 Å². The highest BCUT2D eigenvalue weighted by Crippen LogP contribution is 1.92. The molecule has 90 valence electrons. The van der Waals surface area contributed by atoms with Gasteiger partial charge in [0.05, 0.1) is 6.54 Å². The lowest BCUT2D eigenvalue weighted by molar-refractivity contribution is -0.128. The average molecular weight is 215 g/mol. The highest BCUT2D eigenvalue weighted by atomic mass is 16.2. The van der Waals surface area contributed by atoms with Crippen molar-refractivity contribution in [1.29, 1.82) is 0 Å².